The van der Waals surface area contributed by atoms with Gasteiger partial charge in [-0.2, -0.15) is 11.3 Å². The highest BCUT2D eigenvalue weighted by molar-refractivity contribution is 7.07. The normalized spacial score (nSPS) is 14.2. The molecule has 1 saturated heterocycles. The third kappa shape index (κ3) is 6.68. The van der Waals surface area contributed by atoms with Gasteiger partial charge in [0, 0.05) is 44.6 Å². The minimum atomic E-state index is 0.101. The number of rotatable bonds is 8. The molecule has 3 aromatic carbocycles. The number of carbonyl (C=O) groups excluding carboxylic acids is 1. The fraction of sp³-hybridized carbons (Fsp3) is 0.281. The van der Waals surface area contributed by atoms with Crippen molar-refractivity contribution in [3.05, 3.63) is 112 Å². The Hall–Kier alpha value is -3.41. The van der Waals surface area contributed by atoms with Crippen LogP contribution in [0.4, 0.5) is 0 Å². The summed E-state index contributed by atoms with van der Waals surface area (Å²) in [6.07, 6.45) is 1.82. The molecular weight excluding hydrogens is 476 g/mol. The summed E-state index contributed by atoms with van der Waals surface area (Å²) in [6, 6.07) is 27.0. The van der Waals surface area contributed by atoms with E-state index in [9.17, 15) is 4.79 Å². The summed E-state index contributed by atoms with van der Waals surface area (Å²) in [5, 5.41) is 4.33. The predicted molar refractivity (Wildman–Crippen MR) is 152 cm³/mol. The molecule has 0 N–H and O–H groups in total. The van der Waals surface area contributed by atoms with Gasteiger partial charge in [-0.3, -0.25) is 9.69 Å². The molecule has 0 radical (unpaired) electrons. The van der Waals surface area contributed by atoms with Gasteiger partial charge in [0.25, 0.3) is 5.91 Å². The van der Waals surface area contributed by atoms with Crippen molar-refractivity contribution < 1.29 is 9.53 Å². The Bertz CT molecular complexity index is 1290. The van der Waals surface area contributed by atoms with Gasteiger partial charge in [-0.1, -0.05) is 54.1 Å². The van der Waals surface area contributed by atoms with Crippen molar-refractivity contribution in [2.24, 2.45) is 0 Å². The number of thiophene rings is 1. The Morgan fingerprint density at radius 1 is 0.919 bits per heavy atom. The van der Waals surface area contributed by atoms with Crippen LogP contribution in [0.25, 0.3) is 11.1 Å². The summed E-state index contributed by atoms with van der Waals surface area (Å²) >= 11 is 1.74. The molecule has 1 fully saturated rings. The van der Waals surface area contributed by atoms with Crippen LogP contribution in [0, 0.1) is 6.92 Å². The number of carbonyl (C=O) groups is 1. The molecule has 5 rings (SSSR count). The van der Waals surface area contributed by atoms with E-state index in [1.54, 1.807) is 11.3 Å². The molecule has 1 aromatic heterocycles. The van der Waals surface area contributed by atoms with Crippen LogP contribution in [0.15, 0.2) is 89.6 Å². The lowest BCUT2D eigenvalue weighted by Crippen LogP contribution is -2.41. The van der Waals surface area contributed by atoms with E-state index < -0.39 is 0 Å². The predicted octanol–water partition coefficient (Wildman–Crippen LogP) is 7.04. The molecule has 1 amide bonds. The molecule has 1 aliphatic heterocycles. The second-order valence-corrected chi connectivity index (χ2v) is 10.8. The average Bonchev–Trinajstić information content (AvgIpc) is 3.42. The third-order valence-corrected chi connectivity index (χ3v) is 7.66. The molecule has 0 spiro atoms. The molecule has 37 heavy (non-hydrogen) atoms. The molecule has 1 aliphatic rings. The molecular formula is C32H34N2O2S. The van der Waals surface area contributed by atoms with Gasteiger partial charge < -0.3 is 9.64 Å². The summed E-state index contributed by atoms with van der Waals surface area (Å²) in [5.41, 5.74) is 6.88. The zero-order valence-corrected chi connectivity index (χ0v) is 22.4. The van der Waals surface area contributed by atoms with E-state index in [0.29, 0.717) is 13.1 Å². The van der Waals surface area contributed by atoms with E-state index >= 15 is 0 Å². The van der Waals surface area contributed by atoms with Crippen LogP contribution in [-0.2, 0) is 13.1 Å². The van der Waals surface area contributed by atoms with Crippen molar-refractivity contribution in [1.29, 1.82) is 0 Å². The first-order valence-electron chi connectivity index (χ1n) is 12.9. The fourth-order valence-electron chi connectivity index (χ4n) is 4.88. The van der Waals surface area contributed by atoms with E-state index in [1.807, 2.05) is 35.2 Å². The van der Waals surface area contributed by atoms with Crippen molar-refractivity contribution in [2.75, 3.05) is 20.1 Å². The van der Waals surface area contributed by atoms with Gasteiger partial charge >= 0.3 is 0 Å². The monoisotopic (exact) mass is 510 g/mol. The second kappa shape index (κ2) is 11.8. The van der Waals surface area contributed by atoms with E-state index in [-0.39, 0.29) is 12.0 Å². The van der Waals surface area contributed by atoms with Crippen LogP contribution < -0.4 is 4.74 Å². The topological polar surface area (TPSA) is 32.8 Å². The third-order valence-electron chi connectivity index (χ3n) is 6.93. The van der Waals surface area contributed by atoms with Crippen LogP contribution in [0.3, 0.4) is 0 Å². The van der Waals surface area contributed by atoms with Gasteiger partial charge in [-0.15, -0.1) is 0 Å². The van der Waals surface area contributed by atoms with Crippen LogP contribution in [0.2, 0.25) is 0 Å². The van der Waals surface area contributed by atoms with Crippen LogP contribution in [0.5, 0.6) is 5.75 Å². The van der Waals surface area contributed by atoms with Crippen LogP contribution in [-0.4, -0.2) is 41.9 Å². The van der Waals surface area contributed by atoms with Gasteiger partial charge in [0.1, 0.15) is 11.9 Å². The maximum absolute atomic E-state index is 13.1. The van der Waals surface area contributed by atoms with Crippen LogP contribution >= 0.6 is 11.3 Å². The van der Waals surface area contributed by atoms with Crippen molar-refractivity contribution in [2.45, 2.75) is 39.0 Å². The van der Waals surface area contributed by atoms with Gasteiger partial charge in [-0.25, -0.2) is 0 Å². The number of piperidine rings is 1. The van der Waals surface area contributed by atoms with Gasteiger partial charge in [-0.05, 0) is 77.3 Å². The lowest BCUT2D eigenvalue weighted by Gasteiger charge is -2.32. The number of likely N-dealkylation sites (tertiary alicyclic amines) is 1. The summed E-state index contributed by atoms with van der Waals surface area (Å²) in [7, 11) is 2.15. The number of aryl methyl sites for hydroxylation is 1. The minimum absolute atomic E-state index is 0.101. The Balaban J connectivity index is 1.12. The fourth-order valence-corrected chi connectivity index (χ4v) is 5.54. The molecule has 2 heterocycles. The van der Waals surface area contributed by atoms with Crippen molar-refractivity contribution >= 4 is 17.2 Å². The highest BCUT2D eigenvalue weighted by Gasteiger charge is 2.25. The molecule has 0 atom stereocenters. The number of hydrogen-bond acceptors (Lipinski definition) is 4. The SMILES string of the molecule is Cc1ccc(-c2ccc(C(=O)N3CCC(Oc4cccc(CN(C)Cc5ccsc5)c4)CC3)cc2)cc1. The highest BCUT2D eigenvalue weighted by atomic mass is 32.1. The highest BCUT2D eigenvalue weighted by Crippen LogP contribution is 2.24. The summed E-state index contributed by atoms with van der Waals surface area (Å²) in [6.45, 7) is 5.33. The largest absolute Gasteiger partial charge is 0.490 e. The van der Waals surface area contributed by atoms with Crippen molar-refractivity contribution in [3.63, 3.8) is 0 Å². The number of benzene rings is 3. The standard InChI is InChI=1S/C32H34N2O2S/c1-24-6-8-27(9-7-24)28-10-12-29(13-11-28)32(35)34-17-14-30(15-18-34)36-31-5-3-4-25(20-31)21-33(2)22-26-16-19-37-23-26/h3-13,16,19-20,23,30H,14-15,17-18,21-22H2,1-2H3. The first-order valence-corrected chi connectivity index (χ1v) is 13.9. The number of amides is 1. The molecule has 0 unspecified atom stereocenters. The maximum atomic E-state index is 13.1. The smallest absolute Gasteiger partial charge is 0.253 e. The van der Waals surface area contributed by atoms with Gasteiger partial charge in [0.05, 0.1) is 0 Å². The summed E-state index contributed by atoms with van der Waals surface area (Å²) < 4.78 is 6.34. The average molecular weight is 511 g/mol. The zero-order valence-electron chi connectivity index (χ0n) is 21.6. The molecule has 0 saturated carbocycles. The number of ether oxygens (including phenoxy) is 1. The quantitative estimate of drug-likeness (QED) is 0.255. The summed E-state index contributed by atoms with van der Waals surface area (Å²) in [4.78, 5) is 17.4. The van der Waals surface area contributed by atoms with E-state index in [2.05, 4.69) is 78.2 Å². The Morgan fingerprint density at radius 3 is 2.27 bits per heavy atom. The van der Waals surface area contributed by atoms with E-state index in [4.69, 9.17) is 4.74 Å². The molecule has 4 nitrogen and oxygen atoms in total. The van der Waals surface area contributed by atoms with Crippen molar-refractivity contribution in [3.8, 4) is 16.9 Å². The lowest BCUT2D eigenvalue weighted by atomic mass is 10.0. The number of hydrogen-bond donors (Lipinski definition) is 0. The molecule has 0 bridgehead atoms. The first kappa shape index (κ1) is 25.2. The maximum Gasteiger partial charge on any atom is 0.253 e. The first-order chi connectivity index (χ1) is 18.0. The minimum Gasteiger partial charge on any atom is -0.490 e. The summed E-state index contributed by atoms with van der Waals surface area (Å²) in [5.74, 6) is 1.02. The molecule has 0 aliphatic carbocycles. The van der Waals surface area contributed by atoms with E-state index in [0.717, 1.165) is 42.8 Å². The number of nitrogens with zero attached hydrogens (tertiary/aromatic N) is 2. The Kier molecular flexibility index (Phi) is 8.02. The van der Waals surface area contributed by atoms with Crippen molar-refractivity contribution in [1.82, 2.24) is 9.80 Å². The van der Waals surface area contributed by atoms with Gasteiger partial charge in [0.2, 0.25) is 0 Å². The van der Waals surface area contributed by atoms with Gasteiger partial charge in [0.15, 0.2) is 0 Å². The Labute approximate surface area is 224 Å². The zero-order chi connectivity index (χ0) is 25.6. The Morgan fingerprint density at radius 2 is 1.59 bits per heavy atom. The van der Waals surface area contributed by atoms with E-state index in [1.165, 1.54) is 22.3 Å². The molecule has 4 aromatic rings. The lowest BCUT2D eigenvalue weighted by molar-refractivity contribution is 0.0595. The second-order valence-electron chi connectivity index (χ2n) is 10.0. The molecule has 5 heteroatoms. The molecule has 190 valence electrons. The van der Waals surface area contributed by atoms with Crippen LogP contribution in [0.1, 0.15) is 39.9 Å².